The van der Waals surface area contributed by atoms with Gasteiger partial charge in [0.1, 0.15) is 23.9 Å². The fraction of sp³-hybridized carbons (Fsp3) is 0.172. The highest BCUT2D eigenvalue weighted by atomic mass is 16.3. The van der Waals surface area contributed by atoms with Crippen LogP contribution in [0.15, 0.2) is 95.6 Å². The van der Waals surface area contributed by atoms with Crippen LogP contribution in [0.1, 0.15) is 28.5 Å². The van der Waals surface area contributed by atoms with E-state index < -0.39 is 6.04 Å². The molecule has 186 valence electrons. The lowest BCUT2D eigenvalue weighted by atomic mass is 10.0. The van der Waals surface area contributed by atoms with Gasteiger partial charge in [-0.1, -0.05) is 64.9 Å². The number of furan rings is 1. The third-order valence-corrected chi connectivity index (χ3v) is 6.20. The number of benzene rings is 3. The number of carbonyl (C=O) groups excluding carboxylic acids is 2. The second-order valence-electron chi connectivity index (χ2n) is 8.95. The van der Waals surface area contributed by atoms with E-state index in [2.05, 4.69) is 15.6 Å². The van der Waals surface area contributed by atoms with Crippen LogP contribution in [0, 0.1) is 13.8 Å². The Morgan fingerprint density at radius 1 is 0.919 bits per heavy atom. The van der Waals surface area contributed by atoms with Crippen LogP contribution in [0.25, 0.3) is 11.0 Å². The Morgan fingerprint density at radius 2 is 1.62 bits per heavy atom. The van der Waals surface area contributed by atoms with E-state index in [1.807, 2.05) is 86.6 Å². The first-order valence-electron chi connectivity index (χ1n) is 12.0. The van der Waals surface area contributed by atoms with Crippen molar-refractivity contribution in [1.82, 2.24) is 20.3 Å². The average Bonchev–Trinajstić information content (AvgIpc) is 3.58. The zero-order valence-electron chi connectivity index (χ0n) is 20.7. The lowest BCUT2D eigenvalue weighted by molar-refractivity contribution is -0.127. The molecule has 0 radical (unpaired) electrons. The summed E-state index contributed by atoms with van der Waals surface area (Å²) < 4.78 is 6.95. The van der Waals surface area contributed by atoms with Gasteiger partial charge in [0.15, 0.2) is 0 Å². The molecule has 2 amide bonds. The van der Waals surface area contributed by atoms with Gasteiger partial charge in [-0.2, -0.15) is 0 Å². The summed E-state index contributed by atoms with van der Waals surface area (Å²) in [5.74, 6) is 0.00848. The fourth-order valence-corrected chi connectivity index (χ4v) is 4.23. The highest BCUT2D eigenvalue weighted by molar-refractivity contribution is 6.01. The molecule has 5 rings (SSSR count). The molecule has 0 saturated heterocycles. The number of nitrogens with one attached hydrogen (secondary N) is 1. The fourth-order valence-electron chi connectivity index (χ4n) is 4.23. The van der Waals surface area contributed by atoms with Crippen molar-refractivity contribution in [2.24, 2.45) is 0 Å². The third-order valence-electron chi connectivity index (χ3n) is 6.20. The maximum absolute atomic E-state index is 14.0. The molecule has 1 N–H and O–H groups in total. The van der Waals surface area contributed by atoms with Gasteiger partial charge in [-0.3, -0.25) is 14.5 Å². The molecule has 0 spiro atoms. The van der Waals surface area contributed by atoms with Crippen LogP contribution in [-0.2, 0) is 22.7 Å². The summed E-state index contributed by atoms with van der Waals surface area (Å²) in [7, 11) is 0. The Kier molecular flexibility index (Phi) is 6.81. The van der Waals surface area contributed by atoms with Gasteiger partial charge in [-0.05, 0) is 55.8 Å². The molecule has 3 aromatic carbocycles. The van der Waals surface area contributed by atoms with Crippen LogP contribution in [0.2, 0.25) is 0 Å². The lowest BCUT2D eigenvalue weighted by Gasteiger charge is -2.31. The van der Waals surface area contributed by atoms with E-state index in [1.54, 1.807) is 23.1 Å². The second-order valence-corrected chi connectivity index (χ2v) is 8.95. The Hall–Kier alpha value is -4.72. The summed E-state index contributed by atoms with van der Waals surface area (Å²) in [5.41, 5.74) is 4.85. The van der Waals surface area contributed by atoms with Crippen LogP contribution in [-0.4, -0.2) is 26.8 Å². The van der Waals surface area contributed by atoms with Crippen LogP contribution in [0.5, 0.6) is 0 Å². The zero-order valence-corrected chi connectivity index (χ0v) is 20.7. The highest BCUT2D eigenvalue weighted by Gasteiger charge is 2.33. The van der Waals surface area contributed by atoms with Gasteiger partial charge in [0.2, 0.25) is 11.8 Å². The molecular weight excluding hydrogens is 466 g/mol. The van der Waals surface area contributed by atoms with Gasteiger partial charge >= 0.3 is 0 Å². The average molecular weight is 494 g/mol. The van der Waals surface area contributed by atoms with Gasteiger partial charge in [0.05, 0.1) is 18.3 Å². The van der Waals surface area contributed by atoms with Crippen LogP contribution >= 0.6 is 0 Å². The SMILES string of the molecule is Cc1ccc([C@@H](C(=O)NCc2ccco2)N(C(=O)Cn2nnc3ccccc32)c2ccc(C)cc2)cc1. The van der Waals surface area contributed by atoms with Gasteiger partial charge in [-0.15, -0.1) is 5.10 Å². The number of hydrogen-bond acceptors (Lipinski definition) is 5. The topological polar surface area (TPSA) is 93.3 Å². The molecule has 5 aromatic rings. The van der Waals surface area contributed by atoms with Gasteiger partial charge < -0.3 is 9.73 Å². The minimum Gasteiger partial charge on any atom is -0.467 e. The van der Waals surface area contributed by atoms with Crippen molar-refractivity contribution in [3.8, 4) is 0 Å². The van der Waals surface area contributed by atoms with Gasteiger partial charge in [-0.25, -0.2) is 4.68 Å². The number of para-hydroxylation sites is 1. The first-order chi connectivity index (χ1) is 18.0. The minimum atomic E-state index is -0.916. The number of carbonyl (C=O) groups is 2. The van der Waals surface area contributed by atoms with Crippen molar-refractivity contribution in [1.29, 1.82) is 0 Å². The summed E-state index contributed by atoms with van der Waals surface area (Å²) in [6.07, 6.45) is 1.56. The predicted octanol–water partition coefficient (Wildman–Crippen LogP) is 4.73. The molecule has 8 heteroatoms. The number of hydrogen-bond donors (Lipinski definition) is 1. The number of aromatic nitrogens is 3. The largest absolute Gasteiger partial charge is 0.467 e. The van der Waals surface area contributed by atoms with Crippen LogP contribution in [0.4, 0.5) is 5.69 Å². The number of rotatable bonds is 8. The van der Waals surface area contributed by atoms with Crippen molar-refractivity contribution in [2.75, 3.05) is 4.90 Å². The Morgan fingerprint density at radius 3 is 2.32 bits per heavy atom. The van der Waals surface area contributed by atoms with Gasteiger partial charge in [0.25, 0.3) is 0 Å². The molecule has 0 aliphatic carbocycles. The van der Waals surface area contributed by atoms with Crippen molar-refractivity contribution in [3.63, 3.8) is 0 Å². The molecule has 0 fully saturated rings. The molecule has 0 aliphatic heterocycles. The molecule has 37 heavy (non-hydrogen) atoms. The normalized spacial score (nSPS) is 11.8. The predicted molar refractivity (Wildman–Crippen MR) is 141 cm³/mol. The summed E-state index contributed by atoms with van der Waals surface area (Å²) in [6.45, 7) is 4.08. The lowest BCUT2D eigenvalue weighted by Crippen LogP contribution is -2.45. The summed E-state index contributed by atoms with van der Waals surface area (Å²) in [6, 6.07) is 25.3. The highest BCUT2D eigenvalue weighted by Crippen LogP contribution is 2.29. The van der Waals surface area contributed by atoms with Crippen molar-refractivity contribution in [2.45, 2.75) is 33.0 Å². The van der Waals surface area contributed by atoms with E-state index in [4.69, 9.17) is 4.42 Å². The monoisotopic (exact) mass is 493 g/mol. The number of nitrogens with zero attached hydrogens (tertiary/aromatic N) is 4. The minimum absolute atomic E-state index is 0.0811. The first kappa shape index (κ1) is 24.0. The van der Waals surface area contributed by atoms with E-state index in [9.17, 15) is 9.59 Å². The van der Waals surface area contributed by atoms with Crippen molar-refractivity contribution >= 4 is 28.5 Å². The van der Waals surface area contributed by atoms with Crippen molar-refractivity contribution in [3.05, 3.63) is 114 Å². The smallest absolute Gasteiger partial charge is 0.249 e. The van der Waals surface area contributed by atoms with E-state index >= 15 is 0 Å². The molecule has 0 saturated carbocycles. The number of amides is 2. The molecule has 2 heterocycles. The molecule has 0 unspecified atom stereocenters. The first-order valence-corrected chi connectivity index (χ1v) is 12.0. The maximum atomic E-state index is 14.0. The Balaban J connectivity index is 1.55. The summed E-state index contributed by atoms with van der Waals surface area (Å²) in [5, 5.41) is 11.3. The number of aryl methyl sites for hydroxylation is 2. The van der Waals surface area contributed by atoms with E-state index in [0.29, 0.717) is 22.5 Å². The third kappa shape index (κ3) is 5.28. The van der Waals surface area contributed by atoms with Crippen molar-refractivity contribution < 1.29 is 14.0 Å². The Bertz CT molecular complexity index is 1510. The molecule has 1 atom stereocenters. The maximum Gasteiger partial charge on any atom is 0.249 e. The number of fused-ring (bicyclic) bond motifs is 1. The number of anilines is 1. The molecule has 0 bridgehead atoms. The molecule has 2 aromatic heterocycles. The summed E-state index contributed by atoms with van der Waals surface area (Å²) in [4.78, 5) is 29.3. The molecule has 8 nitrogen and oxygen atoms in total. The van der Waals surface area contributed by atoms with E-state index in [0.717, 1.165) is 16.6 Å². The second kappa shape index (κ2) is 10.5. The van der Waals surface area contributed by atoms with Gasteiger partial charge in [0, 0.05) is 5.69 Å². The van der Waals surface area contributed by atoms with Crippen LogP contribution < -0.4 is 10.2 Å². The zero-order chi connectivity index (χ0) is 25.8. The standard InChI is InChI=1S/C29H27N5O3/c1-20-9-13-22(14-10-20)28(29(36)30-18-24-6-5-17-37-24)34(23-15-11-21(2)12-16-23)27(35)19-33-26-8-4-3-7-25(26)31-32-33/h3-17,28H,18-19H2,1-2H3,(H,30,36)/t28-/m0/s1. The molecule has 0 aliphatic rings. The van der Waals surface area contributed by atoms with Crippen LogP contribution in [0.3, 0.4) is 0 Å². The Labute approximate surface area is 214 Å². The van der Waals surface area contributed by atoms with E-state index in [-0.39, 0.29) is 24.9 Å². The quantitative estimate of drug-likeness (QED) is 0.337. The molecular formula is C29H27N5O3. The van der Waals surface area contributed by atoms with E-state index in [1.165, 1.54) is 4.90 Å². The summed E-state index contributed by atoms with van der Waals surface area (Å²) >= 11 is 0.